The van der Waals surface area contributed by atoms with Crippen molar-refractivity contribution in [3.8, 4) is 0 Å². The molecule has 1 fully saturated rings. The summed E-state index contributed by atoms with van der Waals surface area (Å²) in [6.07, 6.45) is 6.34. The van der Waals surface area contributed by atoms with Gasteiger partial charge in [-0.3, -0.25) is 4.79 Å². The summed E-state index contributed by atoms with van der Waals surface area (Å²) >= 11 is 0. The third-order valence-electron chi connectivity index (χ3n) is 3.77. The largest absolute Gasteiger partial charge is 0.396 e. The van der Waals surface area contributed by atoms with Crippen molar-refractivity contribution in [1.29, 1.82) is 0 Å². The van der Waals surface area contributed by atoms with Crippen molar-refractivity contribution in [2.45, 2.75) is 25.8 Å². The maximum absolute atomic E-state index is 11.5. The minimum Gasteiger partial charge on any atom is -0.396 e. The zero-order chi connectivity index (χ0) is 12.5. The fourth-order valence-electron chi connectivity index (χ4n) is 2.81. The molecule has 0 unspecified atom stereocenters. The van der Waals surface area contributed by atoms with Gasteiger partial charge in [-0.25, -0.2) is 9.97 Å². The van der Waals surface area contributed by atoms with Gasteiger partial charge in [-0.1, -0.05) is 0 Å². The van der Waals surface area contributed by atoms with Crippen LogP contribution in [-0.2, 0) is 6.54 Å². The highest BCUT2D eigenvalue weighted by atomic mass is 16.3. The summed E-state index contributed by atoms with van der Waals surface area (Å²) in [4.78, 5) is 22.3. The Morgan fingerprint density at radius 2 is 2.22 bits per heavy atom. The molecule has 0 saturated heterocycles. The number of H-pyrrole nitrogens is 1. The number of hydrogen-bond acceptors (Lipinski definition) is 4. The van der Waals surface area contributed by atoms with E-state index in [4.69, 9.17) is 5.11 Å². The molecular formula is C12H16N4O2. The number of imidazole rings is 1. The summed E-state index contributed by atoms with van der Waals surface area (Å²) in [6.45, 7) is 1.10. The molecule has 0 bridgehead atoms. The van der Waals surface area contributed by atoms with Crippen LogP contribution in [0.2, 0.25) is 0 Å². The molecule has 2 N–H and O–H groups in total. The van der Waals surface area contributed by atoms with Gasteiger partial charge >= 0.3 is 0 Å². The van der Waals surface area contributed by atoms with Crippen molar-refractivity contribution in [3.05, 3.63) is 23.0 Å². The quantitative estimate of drug-likeness (QED) is 0.829. The third kappa shape index (κ3) is 1.92. The lowest BCUT2D eigenvalue weighted by atomic mass is 10.1. The fourth-order valence-corrected chi connectivity index (χ4v) is 2.81. The van der Waals surface area contributed by atoms with Crippen LogP contribution >= 0.6 is 0 Å². The highest BCUT2D eigenvalue weighted by Gasteiger charge is 2.24. The average molecular weight is 248 g/mol. The minimum absolute atomic E-state index is 0.196. The lowest BCUT2D eigenvalue weighted by molar-refractivity contribution is 0.225. The molecule has 0 amide bonds. The Kier molecular flexibility index (Phi) is 2.87. The molecule has 18 heavy (non-hydrogen) atoms. The van der Waals surface area contributed by atoms with Gasteiger partial charge in [0.05, 0.1) is 12.7 Å². The van der Waals surface area contributed by atoms with Crippen molar-refractivity contribution in [1.82, 2.24) is 19.5 Å². The zero-order valence-electron chi connectivity index (χ0n) is 10.0. The highest BCUT2D eigenvalue weighted by molar-refractivity contribution is 5.68. The Labute approximate surface area is 104 Å². The molecular weight excluding hydrogens is 232 g/mol. The van der Waals surface area contributed by atoms with E-state index in [1.165, 1.54) is 6.33 Å². The standard InChI is InChI=1S/C12H16N4O2/c17-5-9-2-1-8(3-9)4-16-7-15-10-11(16)13-6-14-12(10)18/h6-9,17H,1-5H2,(H,13,14,18)/t8-,9+/m1/s1. The van der Waals surface area contributed by atoms with Gasteiger partial charge in [0.1, 0.15) is 0 Å². The van der Waals surface area contributed by atoms with Gasteiger partial charge in [-0.05, 0) is 31.1 Å². The van der Waals surface area contributed by atoms with Crippen LogP contribution in [0.5, 0.6) is 0 Å². The number of aliphatic hydroxyl groups is 1. The molecule has 0 radical (unpaired) electrons. The second kappa shape index (κ2) is 4.53. The predicted molar refractivity (Wildman–Crippen MR) is 66.1 cm³/mol. The van der Waals surface area contributed by atoms with Crippen molar-refractivity contribution < 1.29 is 5.11 Å². The van der Waals surface area contributed by atoms with Crippen LogP contribution in [0.3, 0.4) is 0 Å². The predicted octanol–water partition coefficient (Wildman–Crippen LogP) is 0.528. The lowest BCUT2D eigenvalue weighted by Gasteiger charge is -2.11. The second-order valence-corrected chi connectivity index (χ2v) is 5.03. The molecule has 2 heterocycles. The van der Waals surface area contributed by atoms with Crippen LogP contribution in [-0.4, -0.2) is 31.2 Å². The number of nitrogens with one attached hydrogen (secondary N) is 1. The molecule has 3 rings (SSSR count). The topological polar surface area (TPSA) is 83.8 Å². The molecule has 2 aromatic heterocycles. The summed E-state index contributed by atoms with van der Waals surface area (Å²) < 4.78 is 1.94. The first-order valence-corrected chi connectivity index (χ1v) is 6.27. The van der Waals surface area contributed by atoms with E-state index >= 15 is 0 Å². The van der Waals surface area contributed by atoms with E-state index in [1.807, 2.05) is 4.57 Å². The van der Waals surface area contributed by atoms with Crippen molar-refractivity contribution >= 4 is 11.2 Å². The maximum Gasteiger partial charge on any atom is 0.278 e. The van der Waals surface area contributed by atoms with Gasteiger partial charge < -0.3 is 14.7 Å². The number of fused-ring (bicyclic) bond motifs is 1. The Hall–Kier alpha value is -1.69. The van der Waals surface area contributed by atoms with Gasteiger partial charge in [0, 0.05) is 13.2 Å². The second-order valence-electron chi connectivity index (χ2n) is 5.03. The fraction of sp³-hybridized carbons (Fsp3) is 0.583. The van der Waals surface area contributed by atoms with E-state index in [-0.39, 0.29) is 12.2 Å². The van der Waals surface area contributed by atoms with Crippen LogP contribution in [0.25, 0.3) is 11.2 Å². The summed E-state index contributed by atoms with van der Waals surface area (Å²) in [5.41, 5.74) is 0.846. The number of aromatic nitrogens is 4. The normalized spacial score (nSPS) is 23.8. The Bertz CT molecular complexity index is 603. The molecule has 2 aromatic rings. The van der Waals surface area contributed by atoms with E-state index in [1.54, 1.807) is 6.33 Å². The van der Waals surface area contributed by atoms with Crippen LogP contribution in [0.4, 0.5) is 0 Å². The van der Waals surface area contributed by atoms with Gasteiger partial charge in [0.25, 0.3) is 5.56 Å². The maximum atomic E-state index is 11.5. The number of hydrogen-bond donors (Lipinski definition) is 2. The van der Waals surface area contributed by atoms with E-state index in [0.717, 1.165) is 25.8 Å². The zero-order valence-corrected chi connectivity index (χ0v) is 10.0. The number of nitrogens with zero attached hydrogens (tertiary/aromatic N) is 3. The van der Waals surface area contributed by atoms with Gasteiger partial charge in [0.15, 0.2) is 11.2 Å². The summed E-state index contributed by atoms with van der Waals surface area (Å²) in [7, 11) is 0. The third-order valence-corrected chi connectivity index (χ3v) is 3.77. The highest BCUT2D eigenvalue weighted by Crippen LogP contribution is 2.31. The Morgan fingerprint density at radius 3 is 3.00 bits per heavy atom. The molecule has 1 aliphatic carbocycles. The Morgan fingerprint density at radius 1 is 1.39 bits per heavy atom. The number of aromatic amines is 1. The monoisotopic (exact) mass is 248 g/mol. The van der Waals surface area contributed by atoms with Gasteiger partial charge in [-0.2, -0.15) is 0 Å². The van der Waals surface area contributed by atoms with E-state index in [0.29, 0.717) is 23.0 Å². The SMILES string of the molecule is O=c1[nH]cnc2c1ncn2C[C@@H]1CC[C@H](CO)C1. The molecule has 0 aromatic carbocycles. The average Bonchev–Trinajstić information content (AvgIpc) is 2.98. The molecule has 1 saturated carbocycles. The van der Waals surface area contributed by atoms with Gasteiger partial charge in [0.2, 0.25) is 0 Å². The molecule has 0 spiro atoms. The van der Waals surface area contributed by atoms with Crippen LogP contribution in [0.1, 0.15) is 19.3 Å². The lowest BCUT2D eigenvalue weighted by Crippen LogP contribution is -2.11. The Balaban J connectivity index is 1.83. The molecule has 0 aliphatic heterocycles. The molecule has 2 atom stereocenters. The number of aliphatic hydroxyl groups excluding tert-OH is 1. The van der Waals surface area contributed by atoms with E-state index in [9.17, 15) is 4.79 Å². The van der Waals surface area contributed by atoms with Crippen molar-refractivity contribution in [2.75, 3.05) is 6.61 Å². The smallest absolute Gasteiger partial charge is 0.278 e. The molecule has 6 heteroatoms. The number of rotatable bonds is 3. The first kappa shape index (κ1) is 11.4. The summed E-state index contributed by atoms with van der Waals surface area (Å²) in [5.74, 6) is 0.974. The minimum atomic E-state index is -0.196. The van der Waals surface area contributed by atoms with Gasteiger partial charge in [-0.15, -0.1) is 0 Å². The first-order valence-electron chi connectivity index (χ1n) is 6.27. The molecule has 96 valence electrons. The summed E-state index contributed by atoms with van der Waals surface area (Å²) in [5, 5.41) is 9.14. The summed E-state index contributed by atoms with van der Waals surface area (Å²) in [6, 6.07) is 0. The van der Waals surface area contributed by atoms with Crippen LogP contribution in [0.15, 0.2) is 17.4 Å². The molecule has 6 nitrogen and oxygen atoms in total. The van der Waals surface area contributed by atoms with Crippen LogP contribution in [0, 0.1) is 11.8 Å². The van der Waals surface area contributed by atoms with E-state index in [2.05, 4.69) is 15.0 Å². The van der Waals surface area contributed by atoms with Crippen molar-refractivity contribution in [2.24, 2.45) is 11.8 Å². The molecule has 1 aliphatic rings. The van der Waals surface area contributed by atoms with Crippen LogP contribution < -0.4 is 5.56 Å². The van der Waals surface area contributed by atoms with Crippen molar-refractivity contribution in [3.63, 3.8) is 0 Å². The first-order chi connectivity index (χ1) is 8.78. The van der Waals surface area contributed by atoms with E-state index < -0.39 is 0 Å².